The van der Waals surface area contributed by atoms with Gasteiger partial charge in [0.2, 0.25) is 6.41 Å². The first-order valence-electron chi connectivity index (χ1n) is 7.01. The lowest BCUT2D eigenvalue weighted by Gasteiger charge is -2.31. The highest BCUT2D eigenvalue weighted by Crippen LogP contribution is 2.38. The van der Waals surface area contributed by atoms with E-state index in [0.717, 1.165) is 31.5 Å². The van der Waals surface area contributed by atoms with Crippen LogP contribution in [0.15, 0.2) is 18.2 Å². The summed E-state index contributed by atoms with van der Waals surface area (Å²) in [4.78, 5) is 12.9. The maximum Gasteiger partial charge on any atom is 0.210 e. The van der Waals surface area contributed by atoms with Crippen molar-refractivity contribution < 1.29 is 9.53 Å². The molecule has 0 fully saturated rings. The van der Waals surface area contributed by atoms with Gasteiger partial charge in [0.1, 0.15) is 5.75 Å². The molecule has 1 aromatic heterocycles. The molecule has 1 amide bonds. The lowest BCUT2D eigenvalue weighted by Crippen LogP contribution is -2.29. The van der Waals surface area contributed by atoms with Crippen LogP contribution >= 0.6 is 0 Å². The number of hydrogen-bond acceptors (Lipinski definition) is 2. The first kappa shape index (κ1) is 13.0. The number of aromatic nitrogens is 1. The Bertz CT molecular complexity index is 660. The standard InChI is InChI=1S/C16H20N2O2/c1-11-13-7-6-12(20-3)9-15(13)18-8-4-5-14(16(11)18)17(2)10-19/h6-7,9-10,14H,4-5,8H2,1-3H3. The van der Waals surface area contributed by atoms with Crippen LogP contribution in [0.5, 0.6) is 5.75 Å². The fraction of sp³-hybridized carbons (Fsp3) is 0.438. The Balaban J connectivity index is 2.24. The molecule has 0 aliphatic carbocycles. The van der Waals surface area contributed by atoms with Crippen LogP contribution in [0.1, 0.15) is 30.1 Å². The Hall–Kier alpha value is -1.97. The predicted octanol–water partition coefficient (Wildman–Crippen LogP) is 2.88. The van der Waals surface area contributed by atoms with E-state index in [4.69, 9.17) is 4.74 Å². The number of aryl methyl sites for hydroxylation is 2. The summed E-state index contributed by atoms with van der Waals surface area (Å²) >= 11 is 0. The van der Waals surface area contributed by atoms with Gasteiger partial charge in [0.05, 0.1) is 18.7 Å². The second kappa shape index (κ2) is 4.85. The van der Waals surface area contributed by atoms with E-state index in [0.29, 0.717) is 0 Å². The first-order chi connectivity index (χ1) is 9.67. The molecule has 0 N–H and O–H groups in total. The fourth-order valence-corrected chi connectivity index (χ4v) is 3.37. The molecule has 0 saturated heterocycles. The number of carbonyl (C=O) groups excluding carboxylic acids is 1. The minimum Gasteiger partial charge on any atom is -0.497 e. The Morgan fingerprint density at radius 3 is 2.95 bits per heavy atom. The molecule has 106 valence electrons. The minimum atomic E-state index is 0.180. The molecule has 4 nitrogen and oxygen atoms in total. The van der Waals surface area contributed by atoms with Crippen LogP contribution in [0.25, 0.3) is 10.9 Å². The lowest BCUT2D eigenvalue weighted by molar-refractivity contribution is -0.119. The van der Waals surface area contributed by atoms with Gasteiger partial charge in [-0.3, -0.25) is 4.79 Å². The van der Waals surface area contributed by atoms with Gasteiger partial charge in [0, 0.05) is 30.7 Å². The van der Waals surface area contributed by atoms with Crippen molar-refractivity contribution in [1.82, 2.24) is 9.47 Å². The normalized spacial score (nSPS) is 17.9. The minimum absolute atomic E-state index is 0.180. The van der Waals surface area contributed by atoms with Crippen molar-refractivity contribution in [2.24, 2.45) is 0 Å². The summed E-state index contributed by atoms with van der Waals surface area (Å²) in [5.74, 6) is 0.878. The third kappa shape index (κ3) is 1.79. The van der Waals surface area contributed by atoms with Gasteiger partial charge in [0.25, 0.3) is 0 Å². The molecule has 1 aromatic carbocycles. The van der Waals surface area contributed by atoms with Crippen molar-refractivity contribution in [3.63, 3.8) is 0 Å². The average molecular weight is 272 g/mol. The number of ether oxygens (including phenoxy) is 1. The number of hydrogen-bond donors (Lipinski definition) is 0. The largest absolute Gasteiger partial charge is 0.497 e. The summed E-state index contributed by atoms with van der Waals surface area (Å²) in [5.41, 5.74) is 3.76. The summed E-state index contributed by atoms with van der Waals surface area (Å²) in [5, 5.41) is 1.26. The number of carbonyl (C=O) groups is 1. The van der Waals surface area contributed by atoms with Crippen LogP contribution in [0.3, 0.4) is 0 Å². The van der Waals surface area contributed by atoms with Gasteiger partial charge < -0.3 is 14.2 Å². The molecular formula is C16H20N2O2. The Labute approximate surface area is 118 Å². The molecule has 1 aliphatic heterocycles. The fourth-order valence-electron chi connectivity index (χ4n) is 3.37. The van der Waals surface area contributed by atoms with Crippen molar-refractivity contribution in [3.05, 3.63) is 29.5 Å². The van der Waals surface area contributed by atoms with E-state index < -0.39 is 0 Å². The van der Waals surface area contributed by atoms with Crippen LogP contribution in [-0.2, 0) is 11.3 Å². The maximum absolute atomic E-state index is 11.1. The highest BCUT2D eigenvalue weighted by molar-refractivity contribution is 5.87. The number of amides is 1. The third-order valence-electron chi connectivity index (χ3n) is 4.41. The molecule has 0 saturated carbocycles. The smallest absolute Gasteiger partial charge is 0.210 e. The Kier molecular flexibility index (Phi) is 3.16. The Morgan fingerprint density at radius 1 is 1.45 bits per heavy atom. The third-order valence-corrected chi connectivity index (χ3v) is 4.41. The molecule has 4 heteroatoms. The molecule has 1 atom stereocenters. The first-order valence-corrected chi connectivity index (χ1v) is 7.01. The van der Waals surface area contributed by atoms with Crippen LogP contribution in [0, 0.1) is 6.92 Å². The molecule has 1 aliphatic rings. The molecule has 3 rings (SSSR count). The van der Waals surface area contributed by atoms with Crippen molar-refractivity contribution >= 4 is 17.3 Å². The van der Waals surface area contributed by atoms with Crippen LogP contribution in [0.4, 0.5) is 0 Å². The highest BCUT2D eigenvalue weighted by atomic mass is 16.5. The summed E-state index contributed by atoms with van der Waals surface area (Å²) in [7, 11) is 3.56. The van der Waals surface area contributed by atoms with Crippen LogP contribution < -0.4 is 4.74 Å². The van der Waals surface area contributed by atoms with Crippen molar-refractivity contribution in [2.75, 3.05) is 14.2 Å². The second-order valence-electron chi connectivity index (χ2n) is 5.47. The van der Waals surface area contributed by atoms with E-state index >= 15 is 0 Å². The lowest BCUT2D eigenvalue weighted by atomic mass is 10.00. The number of methoxy groups -OCH3 is 1. The van der Waals surface area contributed by atoms with Gasteiger partial charge in [-0.2, -0.15) is 0 Å². The maximum atomic E-state index is 11.1. The molecule has 1 unspecified atom stereocenters. The van der Waals surface area contributed by atoms with Gasteiger partial charge in [0.15, 0.2) is 0 Å². The van der Waals surface area contributed by atoms with Crippen molar-refractivity contribution in [3.8, 4) is 5.75 Å². The highest BCUT2D eigenvalue weighted by Gasteiger charge is 2.28. The average Bonchev–Trinajstić information content (AvgIpc) is 2.79. The zero-order valence-electron chi connectivity index (χ0n) is 12.2. The van der Waals surface area contributed by atoms with Gasteiger partial charge in [-0.15, -0.1) is 0 Å². The van der Waals surface area contributed by atoms with Crippen LogP contribution in [0.2, 0.25) is 0 Å². The van der Waals surface area contributed by atoms with E-state index in [1.807, 2.05) is 13.1 Å². The molecule has 2 heterocycles. The summed E-state index contributed by atoms with van der Waals surface area (Å²) in [6.07, 6.45) is 3.05. The summed E-state index contributed by atoms with van der Waals surface area (Å²) in [6.45, 7) is 3.16. The molecule has 20 heavy (non-hydrogen) atoms. The van der Waals surface area contributed by atoms with Crippen LogP contribution in [-0.4, -0.2) is 30.0 Å². The number of rotatable bonds is 3. The predicted molar refractivity (Wildman–Crippen MR) is 79.0 cm³/mol. The van der Waals surface area contributed by atoms with Gasteiger partial charge in [-0.05, 0) is 37.5 Å². The zero-order chi connectivity index (χ0) is 14.3. The van der Waals surface area contributed by atoms with Gasteiger partial charge in [-0.1, -0.05) is 0 Å². The van der Waals surface area contributed by atoms with E-state index in [9.17, 15) is 4.79 Å². The van der Waals surface area contributed by atoms with E-state index in [1.54, 1.807) is 12.0 Å². The monoisotopic (exact) mass is 272 g/mol. The SMILES string of the molecule is COc1ccc2c(C)c3n(c2c1)CCCC3N(C)C=O. The molecule has 2 aromatic rings. The summed E-state index contributed by atoms with van der Waals surface area (Å²) < 4.78 is 7.69. The second-order valence-corrected chi connectivity index (χ2v) is 5.47. The number of benzene rings is 1. The number of nitrogens with zero attached hydrogens (tertiary/aromatic N) is 2. The van der Waals surface area contributed by atoms with E-state index in [-0.39, 0.29) is 6.04 Å². The summed E-state index contributed by atoms with van der Waals surface area (Å²) in [6, 6.07) is 6.39. The molecular weight excluding hydrogens is 252 g/mol. The van der Waals surface area contributed by atoms with Crippen molar-refractivity contribution in [1.29, 1.82) is 0 Å². The molecule has 0 spiro atoms. The van der Waals surface area contributed by atoms with E-state index in [2.05, 4.69) is 23.6 Å². The van der Waals surface area contributed by atoms with Gasteiger partial charge >= 0.3 is 0 Å². The zero-order valence-corrected chi connectivity index (χ0v) is 12.2. The number of fused-ring (bicyclic) bond motifs is 3. The molecule has 0 bridgehead atoms. The Morgan fingerprint density at radius 2 is 2.25 bits per heavy atom. The van der Waals surface area contributed by atoms with Gasteiger partial charge in [-0.25, -0.2) is 0 Å². The van der Waals surface area contributed by atoms with E-state index in [1.165, 1.54) is 22.2 Å². The van der Waals surface area contributed by atoms with Crippen molar-refractivity contribution in [2.45, 2.75) is 32.4 Å². The topological polar surface area (TPSA) is 34.5 Å². The molecule has 0 radical (unpaired) electrons. The quantitative estimate of drug-likeness (QED) is 0.805.